The number of hydrogen-bond donors (Lipinski definition) is 2. The van der Waals surface area contributed by atoms with E-state index in [0.717, 1.165) is 16.9 Å². The molecule has 36 heavy (non-hydrogen) atoms. The lowest BCUT2D eigenvalue weighted by atomic mass is 10.1. The van der Waals surface area contributed by atoms with Crippen molar-refractivity contribution in [2.75, 3.05) is 24.9 Å². The Labute approximate surface area is 213 Å². The number of carbonyl (C=O) groups excluding carboxylic acids is 2. The maximum atomic E-state index is 12.6. The zero-order chi connectivity index (χ0) is 25.5. The molecule has 0 aliphatic heterocycles. The summed E-state index contributed by atoms with van der Waals surface area (Å²) < 4.78 is 12.2. The van der Waals surface area contributed by atoms with Crippen LogP contribution in [-0.2, 0) is 17.8 Å². The van der Waals surface area contributed by atoms with Crippen LogP contribution in [0, 0.1) is 0 Å². The van der Waals surface area contributed by atoms with E-state index in [9.17, 15) is 9.59 Å². The Morgan fingerprint density at radius 2 is 1.64 bits per heavy atom. The molecule has 4 aromatic rings. The van der Waals surface area contributed by atoms with Crippen LogP contribution in [0.5, 0.6) is 11.5 Å². The van der Waals surface area contributed by atoms with Gasteiger partial charge in [-0.3, -0.25) is 9.59 Å². The average molecular weight is 505 g/mol. The smallest absolute Gasteiger partial charge is 0.275 e. The van der Waals surface area contributed by atoms with Crippen LogP contribution in [0.4, 0.5) is 11.4 Å². The number of hydrogen-bond acceptors (Lipinski definition) is 5. The second-order valence-corrected chi connectivity index (χ2v) is 8.44. The molecule has 0 saturated heterocycles. The number of imidazole rings is 1. The molecule has 2 N–H and O–H groups in total. The molecule has 184 valence electrons. The van der Waals surface area contributed by atoms with Crippen LogP contribution in [-0.4, -0.2) is 35.6 Å². The van der Waals surface area contributed by atoms with Crippen LogP contribution in [0.3, 0.4) is 0 Å². The highest BCUT2D eigenvalue weighted by Gasteiger charge is 2.13. The van der Waals surface area contributed by atoms with Crippen molar-refractivity contribution >= 4 is 34.8 Å². The predicted molar refractivity (Wildman–Crippen MR) is 139 cm³/mol. The van der Waals surface area contributed by atoms with E-state index in [4.69, 9.17) is 21.1 Å². The monoisotopic (exact) mass is 504 g/mol. The first kappa shape index (κ1) is 24.8. The fraction of sp³-hybridized carbons (Fsp3) is 0.148. The molecule has 0 bridgehead atoms. The lowest BCUT2D eigenvalue weighted by molar-refractivity contribution is -0.115. The molecule has 2 amide bonds. The second kappa shape index (κ2) is 11.4. The van der Waals surface area contributed by atoms with Gasteiger partial charge in [0.05, 0.1) is 32.7 Å². The van der Waals surface area contributed by atoms with Crippen molar-refractivity contribution in [3.8, 4) is 11.5 Å². The predicted octanol–water partition coefficient (Wildman–Crippen LogP) is 5.04. The van der Waals surface area contributed by atoms with E-state index >= 15 is 0 Å². The average Bonchev–Trinajstić information content (AvgIpc) is 3.34. The molecule has 0 atom stereocenters. The Bertz CT molecular complexity index is 1350. The number of methoxy groups -OCH3 is 2. The fourth-order valence-corrected chi connectivity index (χ4v) is 3.74. The van der Waals surface area contributed by atoms with E-state index in [1.54, 1.807) is 42.4 Å². The number of amides is 2. The van der Waals surface area contributed by atoms with Crippen molar-refractivity contribution in [3.63, 3.8) is 0 Å². The summed E-state index contributed by atoms with van der Waals surface area (Å²) in [5, 5.41) is 6.16. The van der Waals surface area contributed by atoms with E-state index in [1.165, 1.54) is 7.11 Å². The molecule has 9 heteroatoms. The van der Waals surface area contributed by atoms with Crippen LogP contribution < -0.4 is 20.1 Å². The van der Waals surface area contributed by atoms with E-state index in [2.05, 4.69) is 15.6 Å². The molecule has 1 heterocycles. The Morgan fingerprint density at radius 3 is 2.33 bits per heavy atom. The van der Waals surface area contributed by atoms with Gasteiger partial charge in [0.1, 0.15) is 17.2 Å². The molecule has 3 aromatic carbocycles. The molecule has 4 rings (SSSR count). The Hall–Kier alpha value is -4.30. The van der Waals surface area contributed by atoms with Crippen molar-refractivity contribution < 1.29 is 19.1 Å². The molecular weight excluding hydrogens is 480 g/mol. The molecule has 0 fully saturated rings. The third-order valence-corrected chi connectivity index (χ3v) is 5.64. The summed E-state index contributed by atoms with van der Waals surface area (Å²) in [6.45, 7) is 0.515. The fourth-order valence-electron chi connectivity index (χ4n) is 3.57. The third kappa shape index (κ3) is 6.43. The maximum absolute atomic E-state index is 12.6. The summed E-state index contributed by atoms with van der Waals surface area (Å²) in [7, 11) is 3.12. The van der Waals surface area contributed by atoms with Gasteiger partial charge in [-0.25, -0.2) is 4.98 Å². The van der Waals surface area contributed by atoms with Gasteiger partial charge in [0.15, 0.2) is 0 Å². The zero-order valence-corrected chi connectivity index (χ0v) is 20.6. The summed E-state index contributed by atoms with van der Waals surface area (Å²) in [4.78, 5) is 29.2. The number of nitrogens with zero attached hydrogens (tertiary/aromatic N) is 2. The lowest BCUT2D eigenvalue weighted by Crippen LogP contribution is -2.14. The molecule has 8 nitrogen and oxygen atoms in total. The van der Waals surface area contributed by atoms with Gasteiger partial charge in [0.2, 0.25) is 5.91 Å². The van der Waals surface area contributed by atoms with Gasteiger partial charge in [-0.15, -0.1) is 0 Å². The van der Waals surface area contributed by atoms with Gasteiger partial charge in [-0.05, 0) is 53.6 Å². The Kier molecular flexibility index (Phi) is 7.87. The summed E-state index contributed by atoms with van der Waals surface area (Å²) in [5.74, 6) is 0.781. The number of nitrogens with one attached hydrogen (secondary N) is 2. The van der Waals surface area contributed by atoms with Crippen molar-refractivity contribution in [2.24, 2.45) is 0 Å². The van der Waals surface area contributed by atoms with Gasteiger partial charge in [0.25, 0.3) is 5.91 Å². The van der Waals surface area contributed by atoms with Crippen LogP contribution in [0.15, 0.2) is 79.3 Å². The van der Waals surface area contributed by atoms with Crippen molar-refractivity contribution in [1.82, 2.24) is 9.55 Å². The molecular formula is C27H25ClN4O4. The quantitative estimate of drug-likeness (QED) is 0.333. The largest absolute Gasteiger partial charge is 0.497 e. The number of ether oxygens (including phenoxy) is 2. The highest BCUT2D eigenvalue weighted by atomic mass is 35.5. The maximum Gasteiger partial charge on any atom is 0.275 e. The molecule has 0 spiro atoms. The van der Waals surface area contributed by atoms with Crippen LogP contribution in [0.25, 0.3) is 0 Å². The van der Waals surface area contributed by atoms with Gasteiger partial charge in [0, 0.05) is 23.5 Å². The van der Waals surface area contributed by atoms with Crippen molar-refractivity contribution in [2.45, 2.75) is 13.0 Å². The van der Waals surface area contributed by atoms with Gasteiger partial charge in [-0.2, -0.15) is 0 Å². The van der Waals surface area contributed by atoms with Crippen LogP contribution in [0.2, 0.25) is 5.02 Å². The minimum absolute atomic E-state index is 0.102. The molecule has 0 radical (unpaired) electrons. The summed E-state index contributed by atoms with van der Waals surface area (Å²) >= 11 is 6.03. The molecule has 1 aromatic heterocycles. The normalized spacial score (nSPS) is 10.5. The SMILES string of the molecule is COc1ccc(CC(=O)Nc2ccc(Cn3cnc(C(=O)Nc4cc(Cl)ccc4OC)c3)cc2)cc1. The Morgan fingerprint density at radius 1 is 0.917 bits per heavy atom. The third-order valence-electron chi connectivity index (χ3n) is 5.40. The second-order valence-electron chi connectivity index (χ2n) is 8.00. The van der Waals surface area contributed by atoms with E-state index in [1.807, 2.05) is 48.5 Å². The van der Waals surface area contributed by atoms with Crippen molar-refractivity contribution in [3.05, 3.63) is 101 Å². The van der Waals surface area contributed by atoms with Gasteiger partial charge >= 0.3 is 0 Å². The van der Waals surface area contributed by atoms with E-state index < -0.39 is 0 Å². The summed E-state index contributed by atoms with van der Waals surface area (Å²) in [6.07, 6.45) is 3.53. The number of benzene rings is 3. The molecule has 0 unspecified atom stereocenters. The molecule has 0 saturated carbocycles. The van der Waals surface area contributed by atoms with Crippen molar-refractivity contribution in [1.29, 1.82) is 0 Å². The highest BCUT2D eigenvalue weighted by Crippen LogP contribution is 2.28. The minimum atomic E-state index is -0.371. The van der Waals surface area contributed by atoms with Crippen LogP contribution >= 0.6 is 11.6 Å². The highest BCUT2D eigenvalue weighted by molar-refractivity contribution is 6.31. The van der Waals surface area contributed by atoms with E-state index in [0.29, 0.717) is 28.7 Å². The molecule has 0 aliphatic carbocycles. The topological polar surface area (TPSA) is 94.5 Å². The number of carbonyl (C=O) groups is 2. The zero-order valence-electron chi connectivity index (χ0n) is 19.8. The number of halogens is 1. The standard InChI is InChI=1S/C27H25ClN4O4/c1-35-22-10-5-18(6-11-22)13-26(33)30-21-8-3-19(4-9-21)15-32-16-24(29-17-32)27(34)31-23-14-20(28)7-12-25(23)36-2/h3-12,14,16-17H,13,15H2,1-2H3,(H,30,33)(H,31,34). The summed E-state index contributed by atoms with van der Waals surface area (Å²) in [5.41, 5.74) is 3.33. The summed E-state index contributed by atoms with van der Waals surface area (Å²) in [6, 6.07) is 19.9. The van der Waals surface area contributed by atoms with Crippen LogP contribution in [0.1, 0.15) is 21.6 Å². The minimum Gasteiger partial charge on any atom is -0.497 e. The first-order chi connectivity index (χ1) is 17.4. The van der Waals surface area contributed by atoms with Gasteiger partial charge < -0.3 is 24.7 Å². The van der Waals surface area contributed by atoms with E-state index in [-0.39, 0.29) is 23.9 Å². The lowest BCUT2D eigenvalue weighted by Gasteiger charge is -2.09. The van der Waals surface area contributed by atoms with Gasteiger partial charge in [-0.1, -0.05) is 35.9 Å². The molecule has 0 aliphatic rings. The Balaban J connectivity index is 1.32. The number of anilines is 2. The first-order valence-electron chi connectivity index (χ1n) is 11.1. The number of rotatable bonds is 9. The first-order valence-corrected chi connectivity index (χ1v) is 11.5. The number of aromatic nitrogens is 2.